The number of para-hydroxylation sites is 1. The molecular weight excluding hydrogens is 502 g/mol. The Morgan fingerprint density at radius 1 is 0.943 bits per heavy atom. The highest BCUT2D eigenvalue weighted by Gasteiger charge is 2.34. The largest absolute Gasteiger partial charge is 0.418 e. The summed E-state index contributed by atoms with van der Waals surface area (Å²) >= 11 is 5.86. The lowest BCUT2D eigenvalue weighted by atomic mass is 10.1. The predicted molar refractivity (Wildman–Crippen MR) is 113 cm³/mol. The molecule has 0 saturated heterocycles. The lowest BCUT2D eigenvalue weighted by Gasteiger charge is -2.11. The number of hydrogen-bond donors (Lipinski definition) is 0. The molecule has 0 atom stereocenters. The summed E-state index contributed by atoms with van der Waals surface area (Å²) in [4.78, 5) is 12.9. The first-order valence-electron chi connectivity index (χ1n) is 10.0. The van der Waals surface area contributed by atoms with Gasteiger partial charge in [-0.3, -0.25) is 4.57 Å². The maximum Gasteiger partial charge on any atom is 0.418 e. The minimum absolute atomic E-state index is 0.0225. The molecular formula is C21H15ClF6N6O. The molecule has 0 radical (unpaired) electrons. The predicted octanol–water partition coefficient (Wildman–Crippen LogP) is 4.97. The maximum atomic E-state index is 13.3. The number of hydrogen-bond acceptors (Lipinski definition) is 4. The van der Waals surface area contributed by atoms with Gasteiger partial charge in [0.15, 0.2) is 5.82 Å². The minimum Gasteiger partial charge on any atom is -0.275 e. The van der Waals surface area contributed by atoms with Gasteiger partial charge in [0.25, 0.3) is 0 Å². The van der Waals surface area contributed by atoms with E-state index in [1.165, 1.54) is 48.7 Å². The quantitative estimate of drug-likeness (QED) is 0.339. The second-order valence-corrected chi connectivity index (χ2v) is 7.89. The molecule has 2 heterocycles. The van der Waals surface area contributed by atoms with E-state index in [-0.39, 0.29) is 23.8 Å². The van der Waals surface area contributed by atoms with Gasteiger partial charge in [0.05, 0.1) is 30.4 Å². The van der Waals surface area contributed by atoms with Gasteiger partial charge in [-0.05, 0) is 36.4 Å². The van der Waals surface area contributed by atoms with Gasteiger partial charge in [0.1, 0.15) is 5.69 Å². The van der Waals surface area contributed by atoms with Gasteiger partial charge in [0.2, 0.25) is 0 Å². The van der Waals surface area contributed by atoms with E-state index in [0.29, 0.717) is 10.6 Å². The molecule has 184 valence electrons. The van der Waals surface area contributed by atoms with Crippen molar-refractivity contribution in [2.75, 3.05) is 0 Å². The Labute approximate surface area is 198 Å². The summed E-state index contributed by atoms with van der Waals surface area (Å²) in [5, 5.41) is 12.0. The van der Waals surface area contributed by atoms with Crippen LogP contribution in [0.4, 0.5) is 26.3 Å². The van der Waals surface area contributed by atoms with E-state index >= 15 is 0 Å². The first kappa shape index (κ1) is 24.5. The number of nitrogens with zero attached hydrogens (tertiary/aromatic N) is 6. The van der Waals surface area contributed by atoms with E-state index in [4.69, 9.17) is 11.6 Å². The first-order chi connectivity index (χ1) is 16.4. The van der Waals surface area contributed by atoms with Gasteiger partial charge in [0, 0.05) is 17.1 Å². The van der Waals surface area contributed by atoms with Gasteiger partial charge in [-0.15, -0.1) is 10.2 Å². The zero-order chi connectivity index (χ0) is 25.4. The number of halogens is 7. The molecule has 0 spiro atoms. The van der Waals surface area contributed by atoms with Crippen LogP contribution in [0.2, 0.25) is 5.02 Å². The molecule has 2 aromatic carbocycles. The van der Waals surface area contributed by atoms with Crippen LogP contribution >= 0.6 is 11.6 Å². The molecule has 0 aliphatic rings. The Balaban J connectivity index is 1.69. The van der Waals surface area contributed by atoms with Crippen molar-refractivity contribution in [1.82, 2.24) is 29.3 Å². The topological polar surface area (TPSA) is 70.5 Å². The van der Waals surface area contributed by atoms with Gasteiger partial charge in [-0.25, -0.2) is 14.2 Å². The summed E-state index contributed by atoms with van der Waals surface area (Å²) in [6, 6.07) is 10.7. The Hall–Kier alpha value is -3.61. The molecule has 4 aromatic rings. The van der Waals surface area contributed by atoms with Crippen LogP contribution in [0.15, 0.2) is 59.5 Å². The van der Waals surface area contributed by atoms with Crippen molar-refractivity contribution >= 4 is 11.6 Å². The van der Waals surface area contributed by atoms with E-state index in [0.717, 1.165) is 20.0 Å². The average molecular weight is 517 g/mol. The van der Waals surface area contributed by atoms with Crippen LogP contribution < -0.4 is 5.69 Å². The monoisotopic (exact) mass is 516 g/mol. The van der Waals surface area contributed by atoms with Gasteiger partial charge in [-0.1, -0.05) is 28.9 Å². The Kier molecular flexibility index (Phi) is 6.45. The zero-order valence-corrected chi connectivity index (χ0v) is 18.3. The Bertz CT molecular complexity index is 1390. The zero-order valence-electron chi connectivity index (χ0n) is 17.6. The van der Waals surface area contributed by atoms with Crippen molar-refractivity contribution in [3.63, 3.8) is 0 Å². The summed E-state index contributed by atoms with van der Waals surface area (Å²) in [5.41, 5.74) is -1.62. The highest BCUT2D eigenvalue weighted by atomic mass is 35.5. The molecule has 0 aliphatic carbocycles. The molecule has 2 aromatic heterocycles. The molecule has 0 fully saturated rings. The van der Waals surface area contributed by atoms with Crippen molar-refractivity contribution in [1.29, 1.82) is 0 Å². The third kappa shape index (κ3) is 5.56. The number of rotatable bonds is 6. The number of alkyl halides is 6. The number of benzene rings is 2. The van der Waals surface area contributed by atoms with Crippen LogP contribution in [-0.4, -0.2) is 35.5 Å². The molecule has 0 N–H and O–H groups in total. The van der Waals surface area contributed by atoms with Crippen molar-refractivity contribution in [2.24, 2.45) is 0 Å². The molecule has 14 heteroatoms. The second kappa shape index (κ2) is 9.21. The standard InChI is InChI=1S/C21H15ClF6N6O/c22-14-7-5-13(6-8-14)18-30-34(19(35)32(18)10-9-20(23,24)25)12-15-11-33(31-29-15)17-4-2-1-3-16(17)21(26,27)28/h1-8,11H,9-10,12H2. The third-order valence-corrected chi connectivity index (χ3v) is 5.20. The fourth-order valence-corrected chi connectivity index (χ4v) is 3.48. The van der Waals surface area contributed by atoms with Crippen LogP contribution in [0.1, 0.15) is 17.7 Å². The fourth-order valence-electron chi connectivity index (χ4n) is 3.35. The van der Waals surface area contributed by atoms with Crippen LogP contribution in [-0.2, 0) is 19.3 Å². The fraction of sp³-hybridized carbons (Fsp3) is 0.238. The Morgan fingerprint density at radius 2 is 1.63 bits per heavy atom. The molecule has 7 nitrogen and oxygen atoms in total. The summed E-state index contributed by atoms with van der Waals surface area (Å²) in [5.74, 6) is -0.0225. The maximum absolute atomic E-state index is 13.3. The summed E-state index contributed by atoms with van der Waals surface area (Å²) in [6.07, 6.45) is -9.21. The highest BCUT2D eigenvalue weighted by Crippen LogP contribution is 2.33. The van der Waals surface area contributed by atoms with Crippen LogP contribution in [0.25, 0.3) is 17.1 Å². The SMILES string of the molecule is O=c1n(Cc2cn(-c3ccccc3C(F)(F)F)nn2)nc(-c2ccc(Cl)cc2)n1CCC(F)(F)F. The van der Waals surface area contributed by atoms with Crippen LogP contribution in [0.5, 0.6) is 0 Å². The lowest BCUT2D eigenvalue weighted by Crippen LogP contribution is -2.27. The lowest BCUT2D eigenvalue weighted by molar-refractivity contribution is -0.138. The van der Waals surface area contributed by atoms with Gasteiger partial charge >= 0.3 is 18.0 Å². The normalized spacial score (nSPS) is 12.3. The van der Waals surface area contributed by atoms with E-state index in [2.05, 4.69) is 15.4 Å². The van der Waals surface area contributed by atoms with E-state index in [9.17, 15) is 31.1 Å². The second-order valence-electron chi connectivity index (χ2n) is 7.46. The Morgan fingerprint density at radius 3 is 2.29 bits per heavy atom. The van der Waals surface area contributed by atoms with Crippen molar-refractivity contribution in [2.45, 2.75) is 31.9 Å². The molecule has 35 heavy (non-hydrogen) atoms. The van der Waals surface area contributed by atoms with Gasteiger partial charge < -0.3 is 0 Å². The van der Waals surface area contributed by atoms with Crippen molar-refractivity contribution < 1.29 is 26.3 Å². The first-order valence-corrected chi connectivity index (χ1v) is 10.4. The van der Waals surface area contributed by atoms with E-state index in [1.807, 2.05) is 0 Å². The molecule has 0 unspecified atom stereocenters. The van der Waals surface area contributed by atoms with E-state index in [1.54, 1.807) is 0 Å². The third-order valence-electron chi connectivity index (χ3n) is 4.95. The molecule has 0 amide bonds. The van der Waals surface area contributed by atoms with Crippen LogP contribution in [0.3, 0.4) is 0 Å². The highest BCUT2D eigenvalue weighted by molar-refractivity contribution is 6.30. The molecule has 4 rings (SSSR count). The summed E-state index contributed by atoms with van der Waals surface area (Å²) in [7, 11) is 0. The number of aromatic nitrogens is 6. The van der Waals surface area contributed by atoms with Crippen LogP contribution in [0, 0.1) is 0 Å². The van der Waals surface area contributed by atoms with Gasteiger partial charge in [-0.2, -0.15) is 26.3 Å². The van der Waals surface area contributed by atoms with Crippen molar-refractivity contribution in [3.05, 3.63) is 81.5 Å². The minimum atomic E-state index is -4.63. The smallest absolute Gasteiger partial charge is 0.275 e. The summed E-state index contributed by atoms with van der Waals surface area (Å²) in [6.45, 7) is -1.00. The van der Waals surface area contributed by atoms with Crippen molar-refractivity contribution in [3.8, 4) is 17.1 Å². The average Bonchev–Trinajstić information content (AvgIpc) is 3.37. The summed E-state index contributed by atoms with van der Waals surface area (Å²) < 4.78 is 81.1. The molecule has 0 saturated carbocycles. The molecule has 0 aliphatic heterocycles. The molecule has 0 bridgehead atoms. The van der Waals surface area contributed by atoms with E-state index < -0.39 is 36.6 Å².